The van der Waals surface area contributed by atoms with Crippen molar-refractivity contribution >= 4 is 34.7 Å². The number of rotatable bonds is 7. The largest absolute Gasteiger partial charge is 0.368 e. The van der Waals surface area contributed by atoms with Crippen LogP contribution in [0.5, 0.6) is 0 Å². The van der Waals surface area contributed by atoms with Crippen LogP contribution in [0.1, 0.15) is 57.8 Å². The van der Waals surface area contributed by atoms with Gasteiger partial charge in [0.15, 0.2) is 0 Å². The Morgan fingerprint density at radius 2 is 1.83 bits per heavy atom. The molecule has 0 aromatic carbocycles. The van der Waals surface area contributed by atoms with Crippen LogP contribution in [0.3, 0.4) is 0 Å². The molecule has 0 aromatic heterocycles. The molecule has 0 aromatic rings. The van der Waals surface area contributed by atoms with E-state index in [0.717, 1.165) is 69.5 Å². The first-order chi connectivity index (χ1) is 14.0. The van der Waals surface area contributed by atoms with E-state index in [1.165, 1.54) is 0 Å². The van der Waals surface area contributed by atoms with Gasteiger partial charge in [0.2, 0.25) is 17.7 Å². The molecule has 3 rings (SSSR count). The number of ether oxygens (including phenoxy) is 1. The lowest BCUT2D eigenvalue weighted by Crippen LogP contribution is -2.48. The summed E-state index contributed by atoms with van der Waals surface area (Å²) in [5.74, 6) is -0.0950. The number of hydrogen-bond donors (Lipinski definition) is 3. The van der Waals surface area contributed by atoms with E-state index in [1.54, 1.807) is 7.05 Å². The summed E-state index contributed by atoms with van der Waals surface area (Å²) in [6, 6.07) is -0.117. The van der Waals surface area contributed by atoms with Gasteiger partial charge >= 0.3 is 0 Å². The van der Waals surface area contributed by atoms with Gasteiger partial charge in [-0.25, -0.2) is 0 Å². The molecule has 3 atom stereocenters. The molecule has 3 N–H and O–H groups in total. The molecule has 0 bridgehead atoms. The van der Waals surface area contributed by atoms with Crippen molar-refractivity contribution in [3.05, 3.63) is 0 Å². The van der Waals surface area contributed by atoms with Crippen molar-refractivity contribution in [3.63, 3.8) is 0 Å². The second-order valence-corrected chi connectivity index (χ2v) is 9.43. The van der Waals surface area contributed by atoms with Gasteiger partial charge in [-0.15, -0.1) is 0 Å². The van der Waals surface area contributed by atoms with Crippen LogP contribution in [0.25, 0.3) is 0 Å². The maximum absolute atomic E-state index is 12.3. The molecule has 2 aliphatic carbocycles. The van der Waals surface area contributed by atoms with E-state index in [0.29, 0.717) is 5.92 Å². The maximum atomic E-state index is 12.3. The molecule has 0 radical (unpaired) electrons. The van der Waals surface area contributed by atoms with Crippen LogP contribution in [0.4, 0.5) is 4.79 Å². The average Bonchev–Trinajstić information content (AvgIpc) is 3.04. The predicted octanol–water partition coefficient (Wildman–Crippen LogP) is 1.72. The highest BCUT2D eigenvalue weighted by atomic mass is 32.2. The van der Waals surface area contributed by atoms with E-state index >= 15 is 0 Å². The number of hydrogen-bond acceptors (Lipinski definition) is 6. The lowest BCUT2D eigenvalue weighted by molar-refractivity contribution is -0.132. The molecule has 3 unspecified atom stereocenters. The number of carbonyl (C=O) groups excluding carboxylic acids is 4. The zero-order valence-electron chi connectivity index (χ0n) is 16.9. The van der Waals surface area contributed by atoms with Crippen LogP contribution in [0.15, 0.2) is 0 Å². The first kappa shape index (κ1) is 22.1. The normalized spacial score (nSPS) is 32.5. The fourth-order valence-corrected chi connectivity index (χ4v) is 5.58. The number of amides is 4. The second-order valence-electron chi connectivity index (χ2n) is 8.25. The minimum Gasteiger partial charge on any atom is -0.368 e. The number of carbonyl (C=O) groups is 4. The quantitative estimate of drug-likeness (QED) is 0.572. The van der Waals surface area contributed by atoms with E-state index < -0.39 is 0 Å². The summed E-state index contributed by atoms with van der Waals surface area (Å²) in [6.07, 6.45) is 8.01. The monoisotopic (exact) mass is 425 g/mol. The van der Waals surface area contributed by atoms with Crippen LogP contribution < -0.4 is 16.0 Å². The molecule has 1 aliphatic heterocycles. The highest BCUT2D eigenvalue weighted by molar-refractivity contribution is 8.15. The molecule has 1 saturated heterocycles. The Morgan fingerprint density at radius 3 is 2.48 bits per heavy atom. The van der Waals surface area contributed by atoms with Gasteiger partial charge in [0.1, 0.15) is 6.61 Å². The van der Waals surface area contributed by atoms with Crippen molar-refractivity contribution in [2.24, 2.45) is 11.8 Å². The summed E-state index contributed by atoms with van der Waals surface area (Å²) < 4.78 is 5.81. The molecular formula is C20H31N3O5S. The maximum Gasteiger partial charge on any atom is 0.286 e. The lowest BCUT2D eigenvalue weighted by Gasteiger charge is -2.32. The minimum atomic E-state index is -0.264. The molecule has 0 spiro atoms. The first-order valence-electron chi connectivity index (χ1n) is 10.6. The Labute approximate surface area is 175 Å². The molecule has 4 amide bonds. The van der Waals surface area contributed by atoms with Gasteiger partial charge in [0, 0.05) is 13.1 Å². The van der Waals surface area contributed by atoms with Crippen LogP contribution >= 0.6 is 11.8 Å². The lowest BCUT2D eigenvalue weighted by atomic mass is 9.83. The van der Waals surface area contributed by atoms with Gasteiger partial charge < -0.3 is 15.4 Å². The van der Waals surface area contributed by atoms with Gasteiger partial charge in [-0.3, -0.25) is 24.5 Å². The molecule has 9 heteroatoms. The molecule has 162 valence electrons. The minimum absolute atomic E-state index is 0.00921. The summed E-state index contributed by atoms with van der Waals surface area (Å²) in [5.41, 5.74) is 0. The van der Waals surface area contributed by atoms with Gasteiger partial charge in [-0.2, -0.15) is 0 Å². The van der Waals surface area contributed by atoms with Gasteiger partial charge in [0.05, 0.1) is 17.3 Å². The highest BCUT2D eigenvalue weighted by Crippen LogP contribution is 2.34. The molecule has 29 heavy (non-hydrogen) atoms. The Balaban J connectivity index is 1.35. The Bertz CT molecular complexity index is 636. The molecule has 2 saturated carbocycles. The third kappa shape index (κ3) is 6.18. The van der Waals surface area contributed by atoms with E-state index in [2.05, 4.69) is 16.0 Å². The standard InChI is InChI=1S/C20H31N3O5S/c1-21-18(25)14-4-2-3-5-15(14)22-17(24)11-28-13-8-6-12(7-9-13)10-16-19(26)23-20(27)29-16/h12-16H,2-11H2,1H3,(H,21,25)(H,22,24)(H,23,26,27). The summed E-state index contributed by atoms with van der Waals surface area (Å²) in [5, 5.41) is 7.50. The Morgan fingerprint density at radius 1 is 1.10 bits per heavy atom. The summed E-state index contributed by atoms with van der Waals surface area (Å²) in [7, 11) is 1.63. The van der Waals surface area contributed by atoms with Crippen LogP contribution in [0.2, 0.25) is 0 Å². The van der Waals surface area contributed by atoms with Crippen LogP contribution in [-0.2, 0) is 19.1 Å². The van der Waals surface area contributed by atoms with Gasteiger partial charge in [0.25, 0.3) is 5.24 Å². The predicted molar refractivity (Wildman–Crippen MR) is 109 cm³/mol. The van der Waals surface area contributed by atoms with E-state index in [4.69, 9.17) is 4.74 Å². The third-order valence-corrected chi connectivity index (χ3v) is 7.26. The molecule has 3 aliphatic rings. The summed E-state index contributed by atoms with van der Waals surface area (Å²) >= 11 is 1.09. The smallest absolute Gasteiger partial charge is 0.286 e. The SMILES string of the molecule is CNC(=O)C1CCCCC1NC(=O)COC1CCC(CC2SC(=O)NC2=O)CC1. The topological polar surface area (TPSA) is 114 Å². The first-order valence-corrected chi connectivity index (χ1v) is 11.5. The zero-order chi connectivity index (χ0) is 20.8. The van der Waals surface area contributed by atoms with Crippen LogP contribution in [-0.4, -0.2) is 54.0 Å². The molecule has 3 fully saturated rings. The summed E-state index contributed by atoms with van der Waals surface area (Å²) in [6.45, 7) is 0.0156. The van der Waals surface area contributed by atoms with E-state index in [1.807, 2.05) is 0 Å². The van der Waals surface area contributed by atoms with Gasteiger partial charge in [-0.05, 0) is 50.9 Å². The van der Waals surface area contributed by atoms with Crippen molar-refractivity contribution in [2.45, 2.75) is 75.2 Å². The molecule has 8 nitrogen and oxygen atoms in total. The second kappa shape index (κ2) is 10.4. The Hall–Kier alpha value is -1.61. The van der Waals surface area contributed by atoms with E-state index in [-0.39, 0.29) is 52.9 Å². The van der Waals surface area contributed by atoms with Crippen molar-refractivity contribution < 1.29 is 23.9 Å². The fourth-order valence-electron chi connectivity index (χ4n) is 4.63. The number of imide groups is 1. The number of nitrogens with one attached hydrogen (secondary N) is 3. The third-order valence-electron chi connectivity index (χ3n) is 6.25. The Kier molecular flexibility index (Phi) is 7.94. The summed E-state index contributed by atoms with van der Waals surface area (Å²) in [4.78, 5) is 47.3. The highest BCUT2D eigenvalue weighted by Gasteiger charge is 2.35. The van der Waals surface area contributed by atoms with E-state index in [9.17, 15) is 19.2 Å². The fraction of sp³-hybridized carbons (Fsp3) is 0.800. The van der Waals surface area contributed by atoms with Gasteiger partial charge in [-0.1, -0.05) is 24.6 Å². The van der Waals surface area contributed by atoms with Crippen molar-refractivity contribution in [1.29, 1.82) is 0 Å². The molecule has 1 heterocycles. The zero-order valence-corrected chi connectivity index (χ0v) is 17.7. The number of thioether (sulfide) groups is 1. The van der Waals surface area contributed by atoms with Crippen LogP contribution in [0, 0.1) is 11.8 Å². The molecular weight excluding hydrogens is 394 g/mol. The van der Waals surface area contributed by atoms with Crippen molar-refractivity contribution in [2.75, 3.05) is 13.7 Å². The van der Waals surface area contributed by atoms with Crippen molar-refractivity contribution in [3.8, 4) is 0 Å². The average molecular weight is 426 g/mol. The van der Waals surface area contributed by atoms with Crippen molar-refractivity contribution in [1.82, 2.24) is 16.0 Å².